The first-order chi connectivity index (χ1) is 10.3. The van der Waals surface area contributed by atoms with Crippen LogP contribution in [0.25, 0.3) is 0 Å². The fourth-order valence-corrected chi connectivity index (χ4v) is 3.23. The minimum atomic E-state index is 0.944. The van der Waals surface area contributed by atoms with E-state index in [1.807, 2.05) is 0 Å². The Bertz CT molecular complexity index is 452. The lowest BCUT2D eigenvalue weighted by molar-refractivity contribution is 0.654. The molecular formula is C18H27BrN2. The molecular weight excluding hydrogens is 324 g/mol. The summed E-state index contributed by atoms with van der Waals surface area (Å²) in [4.78, 5) is 2.67. The second kappa shape index (κ2) is 7.15. The summed E-state index contributed by atoms with van der Waals surface area (Å²) in [5.74, 6) is 1.89. The van der Waals surface area contributed by atoms with E-state index in [9.17, 15) is 0 Å². The molecule has 2 fully saturated rings. The number of anilines is 1. The van der Waals surface area contributed by atoms with Gasteiger partial charge in [-0.15, -0.1) is 0 Å². The molecule has 0 aliphatic heterocycles. The molecule has 116 valence electrons. The summed E-state index contributed by atoms with van der Waals surface area (Å²) in [7, 11) is 0. The third-order valence-corrected chi connectivity index (χ3v) is 4.97. The minimum absolute atomic E-state index is 0.944. The quantitative estimate of drug-likeness (QED) is 0.656. The Morgan fingerprint density at radius 3 is 2.38 bits per heavy atom. The second-order valence-electron chi connectivity index (χ2n) is 6.74. The Labute approximate surface area is 137 Å². The highest BCUT2D eigenvalue weighted by molar-refractivity contribution is 9.10. The van der Waals surface area contributed by atoms with Crippen molar-refractivity contribution in [1.82, 2.24) is 5.32 Å². The van der Waals surface area contributed by atoms with E-state index in [2.05, 4.69) is 51.3 Å². The van der Waals surface area contributed by atoms with Crippen LogP contribution in [0.1, 0.15) is 44.6 Å². The number of rotatable bonds is 9. The van der Waals surface area contributed by atoms with Crippen molar-refractivity contribution in [2.75, 3.05) is 24.5 Å². The van der Waals surface area contributed by atoms with Crippen LogP contribution in [0.4, 0.5) is 5.69 Å². The van der Waals surface area contributed by atoms with Crippen molar-refractivity contribution in [1.29, 1.82) is 0 Å². The maximum absolute atomic E-state index is 3.66. The van der Waals surface area contributed by atoms with Crippen molar-refractivity contribution >= 4 is 21.6 Å². The molecule has 0 heterocycles. The fraction of sp³-hybridized carbons (Fsp3) is 0.667. The van der Waals surface area contributed by atoms with Crippen LogP contribution < -0.4 is 10.2 Å². The van der Waals surface area contributed by atoms with Crippen LogP contribution in [0.15, 0.2) is 22.7 Å². The lowest BCUT2D eigenvalue weighted by Gasteiger charge is -2.28. The molecule has 0 aromatic heterocycles. The molecule has 2 saturated carbocycles. The number of benzene rings is 1. The lowest BCUT2D eigenvalue weighted by atomic mass is 10.1. The number of halogens is 1. The zero-order chi connectivity index (χ0) is 14.7. The van der Waals surface area contributed by atoms with E-state index < -0.39 is 0 Å². The van der Waals surface area contributed by atoms with Gasteiger partial charge in [0.2, 0.25) is 0 Å². The number of nitrogens with zero attached hydrogens (tertiary/aromatic N) is 1. The van der Waals surface area contributed by atoms with Gasteiger partial charge in [-0.05, 0) is 68.2 Å². The molecule has 2 aliphatic carbocycles. The van der Waals surface area contributed by atoms with E-state index in [0.29, 0.717) is 0 Å². The van der Waals surface area contributed by atoms with E-state index in [4.69, 9.17) is 0 Å². The zero-order valence-electron chi connectivity index (χ0n) is 13.1. The van der Waals surface area contributed by atoms with Gasteiger partial charge >= 0.3 is 0 Å². The Hall–Kier alpha value is -0.540. The van der Waals surface area contributed by atoms with Crippen molar-refractivity contribution in [2.45, 2.75) is 45.6 Å². The minimum Gasteiger partial charge on any atom is -0.371 e. The Morgan fingerprint density at radius 2 is 1.81 bits per heavy atom. The maximum atomic E-state index is 3.66. The topological polar surface area (TPSA) is 15.3 Å². The summed E-state index contributed by atoms with van der Waals surface area (Å²) < 4.78 is 1.20. The summed E-state index contributed by atoms with van der Waals surface area (Å²) in [6.45, 7) is 6.83. The molecule has 1 aromatic carbocycles. The largest absolute Gasteiger partial charge is 0.371 e. The fourth-order valence-electron chi connectivity index (χ4n) is 2.88. The van der Waals surface area contributed by atoms with Gasteiger partial charge < -0.3 is 10.2 Å². The molecule has 3 heteroatoms. The van der Waals surface area contributed by atoms with E-state index in [-0.39, 0.29) is 0 Å². The van der Waals surface area contributed by atoms with Gasteiger partial charge in [-0.3, -0.25) is 0 Å². The van der Waals surface area contributed by atoms with Gasteiger partial charge in [-0.2, -0.15) is 0 Å². The molecule has 1 aromatic rings. The molecule has 0 atom stereocenters. The molecule has 1 N–H and O–H groups in total. The third-order valence-electron chi connectivity index (χ3n) is 4.48. The van der Waals surface area contributed by atoms with Gasteiger partial charge in [0.25, 0.3) is 0 Å². The van der Waals surface area contributed by atoms with E-state index >= 15 is 0 Å². The second-order valence-corrected chi connectivity index (χ2v) is 7.66. The van der Waals surface area contributed by atoms with Gasteiger partial charge in [0.15, 0.2) is 0 Å². The molecule has 21 heavy (non-hydrogen) atoms. The van der Waals surface area contributed by atoms with Crippen molar-refractivity contribution in [3.05, 3.63) is 28.2 Å². The highest BCUT2D eigenvalue weighted by atomic mass is 79.9. The highest BCUT2D eigenvalue weighted by Crippen LogP contribution is 2.37. The summed E-state index contributed by atoms with van der Waals surface area (Å²) in [5.41, 5.74) is 2.90. The van der Waals surface area contributed by atoms with Crippen LogP contribution in [0.3, 0.4) is 0 Å². The van der Waals surface area contributed by atoms with Gasteiger partial charge in [-0.25, -0.2) is 0 Å². The first-order valence-electron chi connectivity index (χ1n) is 8.50. The monoisotopic (exact) mass is 350 g/mol. The molecule has 0 radical (unpaired) electrons. The Kier molecular flexibility index (Phi) is 5.23. The third kappa shape index (κ3) is 4.72. The van der Waals surface area contributed by atoms with E-state index in [1.165, 1.54) is 60.9 Å². The van der Waals surface area contributed by atoms with Crippen molar-refractivity contribution < 1.29 is 0 Å². The van der Waals surface area contributed by atoms with Crippen LogP contribution in [-0.2, 0) is 6.54 Å². The molecule has 0 bridgehead atoms. The first-order valence-corrected chi connectivity index (χ1v) is 9.29. The Balaban J connectivity index is 1.75. The van der Waals surface area contributed by atoms with Crippen LogP contribution in [0.5, 0.6) is 0 Å². The van der Waals surface area contributed by atoms with Crippen LogP contribution >= 0.6 is 15.9 Å². The highest BCUT2D eigenvalue weighted by Gasteiger charge is 2.30. The predicted octanol–water partition coefficient (Wildman–Crippen LogP) is 4.58. The van der Waals surface area contributed by atoms with Gasteiger partial charge in [0, 0.05) is 29.8 Å². The van der Waals surface area contributed by atoms with Gasteiger partial charge in [0.1, 0.15) is 0 Å². The molecule has 0 spiro atoms. The van der Waals surface area contributed by atoms with Crippen molar-refractivity contribution in [2.24, 2.45) is 11.8 Å². The van der Waals surface area contributed by atoms with Crippen LogP contribution in [-0.4, -0.2) is 19.6 Å². The number of nitrogens with one attached hydrogen (secondary N) is 1. The average Bonchev–Trinajstić information content (AvgIpc) is 3.35. The molecule has 3 rings (SSSR count). The molecule has 0 unspecified atom stereocenters. The average molecular weight is 351 g/mol. The Morgan fingerprint density at radius 1 is 1.14 bits per heavy atom. The SMILES string of the molecule is CCCNCc1ccc(Br)cc1N(CC1CC1)CC1CC1. The normalized spacial score (nSPS) is 18.0. The lowest BCUT2D eigenvalue weighted by Crippen LogP contribution is -2.30. The van der Waals surface area contributed by atoms with Crippen LogP contribution in [0.2, 0.25) is 0 Å². The molecule has 0 amide bonds. The predicted molar refractivity (Wildman–Crippen MR) is 93.8 cm³/mol. The van der Waals surface area contributed by atoms with Gasteiger partial charge in [0.05, 0.1) is 0 Å². The summed E-state index contributed by atoms with van der Waals surface area (Å²) in [6.07, 6.45) is 6.91. The van der Waals surface area contributed by atoms with Gasteiger partial charge in [-0.1, -0.05) is 28.9 Å². The zero-order valence-corrected chi connectivity index (χ0v) is 14.7. The molecule has 2 aliphatic rings. The summed E-state index contributed by atoms with van der Waals surface area (Å²) >= 11 is 3.66. The molecule has 2 nitrogen and oxygen atoms in total. The van der Waals surface area contributed by atoms with Crippen molar-refractivity contribution in [3.63, 3.8) is 0 Å². The van der Waals surface area contributed by atoms with E-state index in [1.54, 1.807) is 0 Å². The standard InChI is InChI=1S/C18H27BrN2/c1-2-9-20-11-16-7-8-17(19)10-18(16)21(12-14-3-4-14)13-15-5-6-15/h7-8,10,14-15,20H,2-6,9,11-13H2,1H3. The summed E-state index contributed by atoms with van der Waals surface area (Å²) in [5, 5.41) is 3.56. The van der Waals surface area contributed by atoms with Crippen LogP contribution in [0, 0.1) is 11.8 Å². The number of hydrogen-bond acceptors (Lipinski definition) is 2. The van der Waals surface area contributed by atoms with Crippen molar-refractivity contribution in [3.8, 4) is 0 Å². The molecule has 0 saturated heterocycles. The maximum Gasteiger partial charge on any atom is 0.0423 e. The summed E-state index contributed by atoms with van der Waals surface area (Å²) in [6, 6.07) is 6.79. The van der Waals surface area contributed by atoms with E-state index in [0.717, 1.165) is 24.9 Å². The smallest absolute Gasteiger partial charge is 0.0423 e. The first kappa shape index (κ1) is 15.4. The number of hydrogen-bond donors (Lipinski definition) is 1.